The van der Waals surface area contributed by atoms with Gasteiger partial charge in [0.2, 0.25) is 11.8 Å². The zero-order valence-electron chi connectivity index (χ0n) is 21.2. The van der Waals surface area contributed by atoms with Crippen molar-refractivity contribution >= 4 is 29.1 Å². The van der Waals surface area contributed by atoms with Gasteiger partial charge >= 0.3 is 0 Å². The molecule has 2 aliphatic rings. The molecule has 3 aromatic rings. The van der Waals surface area contributed by atoms with Crippen molar-refractivity contribution in [3.63, 3.8) is 0 Å². The highest BCUT2D eigenvalue weighted by Crippen LogP contribution is 2.34. The Balaban J connectivity index is 1.32. The fraction of sp³-hybridized carbons (Fsp3) is 0.414. The second kappa shape index (κ2) is 12.3. The van der Waals surface area contributed by atoms with Crippen LogP contribution in [-0.2, 0) is 10.2 Å². The molecule has 0 spiro atoms. The van der Waals surface area contributed by atoms with Crippen LogP contribution in [0.15, 0.2) is 66.7 Å². The molecule has 2 aromatic carbocycles. The molecule has 0 atom stereocenters. The summed E-state index contributed by atoms with van der Waals surface area (Å²) in [5, 5.41) is 7.18. The van der Waals surface area contributed by atoms with Crippen LogP contribution in [0.5, 0.6) is 11.6 Å². The first-order chi connectivity index (χ1) is 18.2. The number of aromatic nitrogens is 2. The lowest BCUT2D eigenvalue weighted by molar-refractivity contribution is 0.0515. The van der Waals surface area contributed by atoms with Crippen molar-refractivity contribution in [1.29, 1.82) is 0 Å². The van der Waals surface area contributed by atoms with E-state index in [0.717, 1.165) is 63.6 Å². The van der Waals surface area contributed by atoms with Gasteiger partial charge in [-0.05, 0) is 55.6 Å². The van der Waals surface area contributed by atoms with E-state index in [0.29, 0.717) is 23.5 Å². The minimum atomic E-state index is -0.0262. The van der Waals surface area contributed by atoms with Crippen LogP contribution in [0.25, 0.3) is 0 Å². The van der Waals surface area contributed by atoms with E-state index in [1.807, 2.05) is 36.4 Å². The average Bonchev–Trinajstić information content (AvgIpc) is 3.23. The largest absolute Gasteiger partial charge is 0.439 e. The molecule has 8 heteroatoms. The minimum Gasteiger partial charge on any atom is -0.439 e. The lowest BCUT2D eigenvalue weighted by atomic mass is 9.74. The van der Waals surface area contributed by atoms with Crippen molar-refractivity contribution in [3.05, 3.63) is 72.3 Å². The highest BCUT2D eigenvalue weighted by Gasteiger charge is 2.34. The number of hydrogen-bond acceptors (Lipinski definition) is 6. The van der Waals surface area contributed by atoms with Crippen LogP contribution >= 0.6 is 12.2 Å². The third-order valence-corrected chi connectivity index (χ3v) is 7.48. The first-order valence-electron chi connectivity index (χ1n) is 13.3. The molecular weight excluding hydrogens is 482 g/mol. The van der Waals surface area contributed by atoms with Crippen molar-refractivity contribution in [2.45, 2.75) is 43.9 Å². The molecule has 0 saturated carbocycles. The van der Waals surface area contributed by atoms with Gasteiger partial charge in [-0.15, -0.1) is 0 Å². The van der Waals surface area contributed by atoms with E-state index in [1.54, 1.807) is 0 Å². The highest BCUT2D eigenvalue weighted by molar-refractivity contribution is 7.80. The highest BCUT2D eigenvalue weighted by atomic mass is 32.1. The van der Waals surface area contributed by atoms with E-state index >= 15 is 0 Å². The summed E-state index contributed by atoms with van der Waals surface area (Å²) in [5.41, 5.74) is 1.29. The Hall–Kier alpha value is -3.23. The summed E-state index contributed by atoms with van der Waals surface area (Å²) < 4.78 is 11.8. The molecule has 37 heavy (non-hydrogen) atoms. The molecule has 0 amide bonds. The number of rotatable bonds is 7. The molecule has 2 aliphatic heterocycles. The summed E-state index contributed by atoms with van der Waals surface area (Å²) in [6.45, 7) is 4.17. The van der Waals surface area contributed by atoms with Crippen molar-refractivity contribution in [3.8, 4) is 11.6 Å². The molecule has 0 radical (unpaired) electrons. The summed E-state index contributed by atoms with van der Waals surface area (Å²) in [7, 11) is 0. The molecule has 2 fully saturated rings. The average molecular weight is 518 g/mol. The number of benzene rings is 2. The van der Waals surface area contributed by atoms with E-state index in [2.05, 4.69) is 50.8 Å². The SMILES string of the molecule is S=C(NCC1(c2ccccc2)CCOCC1)Nc1nc(Oc2ccccc2)cc(N2CCCCCC2)n1. The molecule has 2 N–H and O–H groups in total. The zero-order valence-corrected chi connectivity index (χ0v) is 22.0. The summed E-state index contributed by atoms with van der Waals surface area (Å²) in [6, 6.07) is 22.3. The molecule has 0 aliphatic carbocycles. The molecule has 7 nitrogen and oxygen atoms in total. The van der Waals surface area contributed by atoms with Gasteiger partial charge in [-0.25, -0.2) is 0 Å². The molecule has 0 bridgehead atoms. The van der Waals surface area contributed by atoms with Gasteiger partial charge in [0, 0.05) is 44.3 Å². The van der Waals surface area contributed by atoms with Gasteiger partial charge in [-0.3, -0.25) is 0 Å². The van der Waals surface area contributed by atoms with Gasteiger partial charge in [0.1, 0.15) is 11.6 Å². The number of nitrogens with one attached hydrogen (secondary N) is 2. The third kappa shape index (κ3) is 6.76. The molecular formula is C29H35N5O2S. The Morgan fingerprint density at radius 3 is 2.30 bits per heavy atom. The van der Waals surface area contributed by atoms with Crippen LogP contribution in [0, 0.1) is 0 Å². The number of thiocarbonyl (C=S) groups is 1. The Bertz CT molecular complexity index is 1150. The van der Waals surface area contributed by atoms with Crippen LogP contribution in [0.1, 0.15) is 44.1 Å². The number of anilines is 2. The summed E-state index contributed by atoms with van der Waals surface area (Å²) in [6.07, 6.45) is 6.72. The van der Waals surface area contributed by atoms with E-state index in [9.17, 15) is 0 Å². The van der Waals surface area contributed by atoms with Crippen molar-refractivity contribution < 1.29 is 9.47 Å². The lowest BCUT2D eigenvalue weighted by Crippen LogP contribution is -2.45. The fourth-order valence-electron chi connectivity index (χ4n) is 5.11. The van der Waals surface area contributed by atoms with Gasteiger partial charge in [0.05, 0.1) is 0 Å². The van der Waals surface area contributed by atoms with Gasteiger partial charge < -0.3 is 25.0 Å². The van der Waals surface area contributed by atoms with Crippen molar-refractivity contribution in [2.75, 3.05) is 43.1 Å². The number of nitrogens with zero attached hydrogens (tertiary/aromatic N) is 3. The maximum absolute atomic E-state index is 6.10. The predicted molar refractivity (Wildman–Crippen MR) is 152 cm³/mol. The fourth-order valence-corrected chi connectivity index (χ4v) is 5.27. The number of ether oxygens (including phenoxy) is 2. The monoisotopic (exact) mass is 517 g/mol. The van der Waals surface area contributed by atoms with Gasteiger partial charge in [0.15, 0.2) is 5.11 Å². The smallest absolute Gasteiger partial charge is 0.234 e. The molecule has 194 valence electrons. The maximum Gasteiger partial charge on any atom is 0.234 e. The van der Waals surface area contributed by atoms with Crippen LogP contribution < -0.4 is 20.3 Å². The van der Waals surface area contributed by atoms with E-state index < -0.39 is 0 Å². The Morgan fingerprint density at radius 1 is 0.919 bits per heavy atom. The Kier molecular flexibility index (Phi) is 8.48. The molecule has 1 aromatic heterocycles. The number of hydrogen-bond donors (Lipinski definition) is 2. The molecule has 0 unspecified atom stereocenters. The first kappa shape index (κ1) is 25.4. The standard InChI is InChI=1S/C29H35N5O2S/c37-28(30-22-29(15-19-35-20-16-29)23-11-5-3-6-12-23)33-27-31-25(34-17-9-1-2-10-18-34)21-26(32-27)36-24-13-7-4-8-14-24/h3-8,11-14,21H,1-2,9-10,15-20,22H2,(H2,30,31,32,33,37). The predicted octanol–water partition coefficient (Wildman–Crippen LogP) is 5.68. The van der Waals surface area contributed by atoms with Gasteiger partial charge in [-0.1, -0.05) is 61.4 Å². The van der Waals surface area contributed by atoms with Crippen molar-refractivity contribution in [1.82, 2.24) is 15.3 Å². The molecule has 5 rings (SSSR count). The zero-order chi connectivity index (χ0) is 25.3. The second-order valence-electron chi connectivity index (χ2n) is 9.77. The molecule has 2 saturated heterocycles. The maximum atomic E-state index is 6.10. The van der Waals surface area contributed by atoms with Crippen LogP contribution in [-0.4, -0.2) is 47.9 Å². The third-order valence-electron chi connectivity index (χ3n) is 7.23. The van der Waals surface area contributed by atoms with Crippen LogP contribution in [0.2, 0.25) is 0 Å². The lowest BCUT2D eigenvalue weighted by Gasteiger charge is -2.38. The van der Waals surface area contributed by atoms with Gasteiger partial charge in [-0.2, -0.15) is 9.97 Å². The molecule has 3 heterocycles. The van der Waals surface area contributed by atoms with Crippen molar-refractivity contribution in [2.24, 2.45) is 0 Å². The van der Waals surface area contributed by atoms with Crippen LogP contribution in [0.3, 0.4) is 0 Å². The van der Waals surface area contributed by atoms with E-state index in [-0.39, 0.29) is 5.41 Å². The first-order valence-corrected chi connectivity index (χ1v) is 13.7. The van der Waals surface area contributed by atoms with E-state index in [1.165, 1.54) is 18.4 Å². The summed E-state index contributed by atoms with van der Waals surface area (Å²) in [5.74, 6) is 2.53. The normalized spacial score (nSPS) is 17.5. The van der Waals surface area contributed by atoms with E-state index in [4.69, 9.17) is 26.7 Å². The quantitative estimate of drug-likeness (QED) is 0.388. The Morgan fingerprint density at radius 2 is 1.59 bits per heavy atom. The topological polar surface area (TPSA) is 71.5 Å². The van der Waals surface area contributed by atoms with Crippen LogP contribution in [0.4, 0.5) is 11.8 Å². The van der Waals surface area contributed by atoms with Gasteiger partial charge in [0.25, 0.3) is 0 Å². The Labute approximate surface area is 224 Å². The number of para-hydroxylation sites is 1. The second-order valence-corrected chi connectivity index (χ2v) is 10.2. The summed E-state index contributed by atoms with van der Waals surface area (Å²) >= 11 is 5.71. The summed E-state index contributed by atoms with van der Waals surface area (Å²) in [4.78, 5) is 11.8. The minimum absolute atomic E-state index is 0.0262.